The minimum absolute atomic E-state index is 0.167. The molecule has 0 atom stereocenters. The number of carbonyl (C=O) groups is 2. The van der Waals surface area contributed by atoms with Crippen molar-refractivity contribution in [1.82, 2.24) is 4.98 Å². The molecule has 1 aromatic rings. The van der Waals surface area contributed by atoms with Gasteiger partial charge in [0, 0.05) is 13.5 Å². The number of nitrogens with one attached hydrogen (secondary N) is 1. The summed E-state index contributed by atoms with van der Waals surface area (Å²) in [6, 6.07) is 1.39. The molecule has 0 unspecified atom stereocenters. The van der Waals surface area contributed by atoms with E-state index in [2.05, 4.69) is 9.72 Å². The molecule has 0 fully saturated rings. The Labute approximate surface area is 92.7 Å². The van der Waals surface area contributed by atoms with E-state index in [0.29, 0.717) is 6.61 Å². The van der Waals surface area contributed by atoms with Gasteiger partial charge < -0.3 is 20.2 Å². The van der Waals surface area contributed by atoms with E-state index in [4.69, 9.17) is 10.5 Å². The van der Waals surface area contributed by atoms with E-state index in [0.717, 1.165) is 0 Å². The summed E-state index contributed by atoms with van der Waals surface area (Å²) < 4.78 is 9.29. The third-order valence-electron chi connectivity index (χ3n) is 2.09. The van der Waals surface area contributed by atoms with Gasteiger partial charge in [-0.3, -0.25) is 4.79 Å². The monoisotopic (exact) mass is 226 g/mol. The fourth-order valence-corrected chi connectivity index (χ4v) is 1.25. The van der Waals surface area contributed by atoms with Gasteiger partial charge in [-0.05, 0) is 6.07 Å². The van der Waals surface area contributed by atoms with Gasteiger partial charge in [-0.25, -0.2) is 4.79 Å². The fourth-order valence-electron chi connectivity index (χ4n) is 1.25. The molecule has 1 aromatic heterocycles. The zero-order valence-electron chi connectivity index (χ0n) is 9.20. The van der Waals surface area contributed by atoms with Crippen LogP contribution in [0.1, 0.15) is 27.3 Å². The van der Waals surface area contributed by atoms with Crippen molar-refractivity contribution in [2.24, 2.45) is 0 Å². The Balaban J connectivity index is 2.85. The van der Waals surface area contributed by atoms with Gasteiger partial charge in [-0.1, -0.05) is 0 Å². The maximum atomic E-state index is 11.6. The Morgan fingerprint density at radius 2 is 2.12 bits per heavy atom. The average Bonchev–Trinajstić information content (AvgIpc) is 2.67. The van der Waals surface area contributed by atoms with Crippen LogP contribution in [0.2, 0.25) is 0 Å². The molecule has 16 heavy (non-hydrogen) atoms. The molecule has 6 nitrogen and oxygen atoms in total. The Bertz CT molecular complexity index is 398. The third kappa shape index (κ3) is 2.60. The summed E-state index contributed by atoms with van der Waals surface area (Å²) in [6.07, 6.45) is 0.221. The number of hydrogen-bond acceptors (Lipinski definition) is 5. The topological polar surface area (TPSA) is 94.4 Å². The molecule has 0 spiro atoms. The third-order valence-corrected chi connectivity index (χ3v) is 2.09. The van der Waals surface area contributed by atoms with Crippen LogP contribution >= 0.6 is 0 Å². The molecular weight excluding hydrogens is 212 g/mol. The molecule has 0 radical (unpaired) electrons. The molecule has 0 aliphatic carbocycles. The Kier molecular flexibility index (Phi) is 4.07. The number of nitrogen functional groups attached to an aromatic ring is 1. The molecule has 0 aromatic carbocycles. The quantitative estimate of drug-likeness (QED) is 0.566. The van der Waals surface area contributed by atoms with Crippen LogP contribution in [0.4, 0.5) is 5.82 Å². The van der Waals surface area contributed by atoms with E-state index < -0.39 is 5.97 Å². The SMILES string of the molecule is COCCC(=O)c1cc(C(=O)OC)[nH]c1N. The second kappa shape index (κ2) is 5.32. The number of rotatable bonds is 5. The van der Waals surface area contributed by atoms with Crippen molar-refractivity contribution in [3.63, 3.8) is 0 Å². The van der Waals surface area contributed by atoms with Gasteiger partial charge in [0.15, 0.2) is 5.78 Å². The highest BCUT2D eigenvalue weighted by atomic mass is 16.5. The summed E-state index contributed by atoms with van der Waals surface area (Å²) in [5.41, 5.74) is 6.04. The summed E-state index contributed by atoms with van der Waals surface area (Å²) in [7, 11) is 2.76. The van der Waals surface area contributed by atoms with Crippen LogP contribution < -0.4 is 5.73 Å². The minimum atomic E-state index is -0.558. The average molecular weight is 226 g/mol. The van der Waals surface area contributed by atoms with Crippen LogP contribution in [0.3, 0.4) is 0 Å². The molecule has 88 valence electrons. The second-order valence-corrected chi connectivity index (χ2v) is 3.17. The van der Waals surface area contributed by atoms with Crippen LogP contribution in [0.15, 0.2) is 6.07 Å². The van der Waals surface area contributed by atoms with Crippen LogP contribution in [0, 0.1) is 0 Å². The van der Waals surface area contributed by atoms with Gasteiger partial charge in [0.1, 0.15) is 11.5 Å². The predicted molar refractivity (Wildman–Crippen MR) is 57.4 cm³/mol. The maximum Gasteiger partial charge on any atom is 0.354 e. The zero-order valence-corrected chi connectivity index (χ0v) is 9.20. The number of carbonyl (C=O) groups excluding carboxylic acids is 2. The number of Topliss-reactive ketones (excluding diaryl/α,β-unsaturated/α-hetero) is 1. The molecule has 1 rings (SSSR count). The number of anilines is 1. The van der Waals surface area contributed by atoms with Crippen molar-refractivity contribution < 1.29 is 19.1 Å². The smallest absolute Gasteiger partial charge is 0.354 e. The highest BCUT2D eigenvalue weighted by Gasteiger charge is 2.17. The van der Waals surface area contributed by atoms with E-state index >= 15 is 0 Å². The van der Waals surface area contributed by atoms with E-state index in [1.54, 1.807) is 0 Å². The first kappa shape index (κ1) is 12.3. The molecule has 0 bridgehead atoms. The lowest BCUT2D eigenvalue weighted by Gasteiger charge is -1.97. The number of ketones is 1. The van der Waals surface area contributed by atoms with E-state index in [-0.39, 0.29) is 29.3 Å². The molecule has 0 amide bonds. The molecule has 0 aliphatic rings. The lowest BCUT2D eigenvalue weighted by Crippen LogP contribution is -2.04. The summed E-state index contributed by atoms with van der Waals surface area (Å²) in [5.74, 6) is -0.565. The first-order valence-corrected chi connectivity index (χ1v) is 4.69. The van der Waals surface area contributed by atoms with E-state index in [9.17, 15) is 9.59 Å². The van der Waals surface area contributed by atoms with Gasteiger partial charge in [0.25, 0.3) is 0 Å². The van der Waals surface area contributed by atoms with Crippen molar-refractivity contribution in [2.75, 3.05) is 26.6 Å². The largest absolute Gasteiger partial charge is 0.464 e. The highest BCUT2D eigenvalue weighted by molar-refractivity contribution is 6.03. The van der Waals surface area contributed by atoms with Gasteiger partial charge in [-0.2, -0.15) is 0 Å². The number of methoxy groups -OCH3 is 2. The Hall–Kier alpha value is -1.82. The second-order valence-electron chi connectivity index (χ2n) is 3.17. The standard InChI is InChI=1S/C10H14N2O4/c1-15-4-3-8(13)6-5-7(10(14)16-2)12-9(6)11/h5,12H,3-4,11H2,1-2H3. The van der Waals surface area contributed by atoms with Gasteiger partial charge in [0.2, 0.25) is 0 Å². The number of ether oxygens (including phenoxy) is 2. The highest BCUT2D eigenvalue weighted by Crippen LogP contribution is 2.15. The first-order valence-electron chi connectivity index (χ1n) is 4.69. The number of H-pyrrole nitrogens is 1. The number of hydrogen-bond donors (Lipinski definition) is 2. The van der Waals surface area contributed by atoms with Crippen LogP contribution in [0.25, 0.3) is 0 Å². The number of nitrogens with two attached hydrogens (primary N) is 1. The molecule has 3 N–H and O–H groups in total. The molecule has 6 heteroatoms. The summed E-state index contributed by atoms with van der Waals surface area (Å²) in [6.45, 7) is 0.316. The van der Waals surface area contributed by atoms with Crippen molar-refractivity contribution in [2.45, 2.75) is 6.42 Å². The molecule has 0 saturated carbocycles. The predicted octanol–water partition coefficient (Wildman–Crippen LogP) is 0.603. The normalized spacial score (nSPS) is 10.1. The lowest BCUT2D eigenvalue weighted by molar-refractivity contribution is 0.0595. The number of aromatic amines is 1. The van der Waals surface area contributed by atoms with Crippen LogP contribution in [-0.2, 0) is 9.47 Å². The van der Waals surface area contributed by atoms with E-state index in [1.807, 2.05) is 0 Å². The van der Waals surface area contributed by atoms with Crippen molar-refractivity contribution in [1.29, 1.82) is 0 Å². The van der Waals surface area contributed by atoms with Crippen molar-refractivity contribution >= 4 is 17.6 Å². The van der Waals surface area contributed by atoms with Crippen LogP contribution in [-0.4, -0.2) is 37.6 Å². The van der Waals surface area contributed by atoms with Gasteiger partial charge >= 0.3 is 5.97 Å². The molecular formula is C10H14N2O4. The van der Waals surface area contributed by atoms with Crippen molar-refractivity contribution in [3.8, 4) is 0 Å². The summed E-state index contributed by atoms with van der Waals surface area (Å²) in [5, 5.41) is 0. The number of aromatic nitrogens is 1. The van der Waals surface area contributed by atoms with Gasteiger partial charge in [-0.15, -0.1) is 0 Å². The van der Waals surface area contributed by atoms with Crippen LogP contribution in [0.5, 0.6) is 0 Å². The lowest BCUT2D eigenvalue weighted by atomic mass is 10.1. The number of esters is 1. The minimum Gasteiger partial charge on any atom is -0.464 e. The van der Waals surface area contributed by atoms with Gasteiger partial charge in [0.05, 0.1) is 19.3 Å². The summed E-state index contributed by atoms with van der Waals surface area (Å²) in [4.78, 5) is 25.4. The molecule has 0 aliphatic heterocycles. The van der Waals surface area contributed by atoms with E-state index in [1.165, 1.54) is 20.3 Å². The Morgan fingerprint density at radius 3 is 2.69 bits per heavy atom. The first-order chi connectivity index (χ1) is 7.60. The molecule has 1 heterocycles. The molecule has 0 saturated heterocycles. The Morgan fingerprint density at radius 1 is 1.44 bits per heavy atom. The fraction of sp³-hybridized carbons (Fsp3) is 0.400. The summed E-state index contributed by atoms with van der Waals surface area (Å²) >= 11 is 0. The zero-order chi connectivity index (χ0) is 12.1. The van der Waals surface area contributed by atoms with Crippen molar-refractivity contribution in [3.05, 3.63) is 17.3 Å². The maximum absolute atomic E-state index is 11.6.